The summed E-state index contributed by atoms with van der Waals surface area (Å²) >= 11 is 0. The molecule has 36 heavy (non-hydrogen) atoms. The lowest BCUT2D eigenvalue weighted by molar-refractivity contribution is -0.137. The predicted octanol–water partition coefficient (Wildman–Crippen LogP) is 7.07. The maximum atomic E-state index is 14.2. The molecule has 0 spiro atoms. The topological polar surface area (TPSA) is 41.1 Å². The summed E-state index contributed by atoms with van der Waals surface area (Å²) in [5.41, 5.74) is 4.94. The molecule has 1 heterocycles. The van der Waals surface area contributed by atoms with Crippen LogP contribution in [0.1, 0.15) is 53.9 Å². The van der Waals surface area contributed by atoms with Crippen LogP contribution in [0.15, 0.2) is 60.7 Å². The van der Waals surface area contributed by atoms with Crippen LogP contribution in [0.25, 0.3) is 11.1 Å². The van der Waals surface area contributed by atoms with Gasteiger partial charge in [-0.3, -0.25) is 4.79 Å². The lowest BCUT2D eigenvalue weighted by Gasteiger charge is -2.29. The standard InChI is InChI=1S/C29H28F4N2O/c30-26-16-25(29(31,32)33)10-11-27(26)35-28(36)23-3-1-2-21(14-23)18-4-6-19(7-5-18)22-9-8-20-12-13-34-17-24(20)15-22/h4-11,15-16,21,23,34H,1-3,12-14,17H2,(H,35,36). The van der Waals surface area contributed by atoms with E-state index in [2.05, 4.69) is 53.1 Å². The minimum atomic E-state index is -4.63. The molecular weight excluding hydrogens is 468 g/mol. The Morgan fingerprint density at radius 3 is 2.44 bits per heavy atom. The average molecular weight is 497 g/mol. The predicted molar refractivity (Wildman–Crippen MR) is 132 cm³/mol. The Hall–Kier alpha value is -3.19. The molecule has 1 aliphatic carbocycles. The third-order valence-electron chi connectivity index (χ3n) is 7.41. The fourth-order valence-electron chi connectivity index (χ4n) is 5.37. The third kappa shape index (κ3) is 5.31. The number of halogens is 4. The van der Waals surface area contributed by atoms with E-state index in [4.69, 9.17) is 0 Å². The van der Waals surface area contributed by atoms with Gasteiger partial charge < -0.3 is 10.6 Å². The van der Waals surface area contributed by atoms with Crippen molar-refractivity contribution in [2.75, 3.05) is 11.9 Å². The molecule has 3 nitrogen and oxygen atoms in total. The molecule has 3 aromatic rings. The van der Waals surface area contributed by atoms with Crippen molar-refractivity contribution in [2.45, 2.75) is 50.7 Å². The summed E-state index contributed by atoms with van der Waals surface area (Å²) in [6, 6.07) is 17.3. The first-order chi connectivity index (χ1) is 17.3. The van der Waals surface area contributed by atoms with E-state index in [1.807, 2.05) is 0 Å². The van der Waals surface area contributed by atoms with Gasteiger partial charge in [-0.15, -0.1) is 0 Å². The van der Waals surface area contributed by atoms with E-state index in [-0.39, 0.29) is 23.4 Å². The Morgan fingerprint density at radius 2 is 1.69 bits per heavy atom. The van der Waals surface area contributed by atoms with E-state index in [1.165, 1.54) is 16.7 Å². The zero-order valence-corrected chi connectivity index (χ0v) is 19.8. The number of rotatable bonds is 4. The second-order valence-electron chi connectivity index (χ2n) is 9.77. The molecule has 1 saturated carbocycles. The van der Waals surface area contributed by atoms with Crippen LogP contribution >= 0.6 is 0 Å². The molecule has 2 unspecified atom stereocenters. The fourth-order valence-corrected chi connectivity index (χ4v) is 5.37. The van der Waals surface area contributed by atoms with Gasteiger partial charge in [0.05, 0.1) is 11.3 Å². The number of carbonyl (C=O) groups excluding carboxylic acids is 1. The summed E-state index contributed by atoms with van der Waals surface area (Å²) in [7, 11) is 0. The monoisotopic (exact) mass is 496 g/mol. The van der Waals surface area contributed by atoms with E-state index in [9.17, 15) is 22.4 Å². The molecule has 2 aliphatic rings. The Balaban J connectivity index is 1.24. The summed E-state index contributed by atoms with van der Waals surface area (Å²) in [5, 5.41) is 5.91. The SMILES string of the molecule is O=C(Nc1ccc(C(F)(F)F)cc1F)C1CCCC(c2ccc(-c3ccc4c(c3)CNCC4)cc2)C1. The van der Waals surface area contributed by atoms with Crippen molar-refractivity contribution in [3.05, 3.63) is 88.7 Å². The molecule has 1 amide bonds. The number of benzene rings is 3. The van der Waals surface area contributed by atoms with E-state index >= 15 is 0 Å². The number of hydrogen-bond acceptors (Lipinski definition) is 2. The van der Waals surface area contributed by atoms with Crippen LogP contribution in [-0.2, 0) is 23.9 Å². The number of carbonyl (C=O) groups is 1. The Labute approximate surface area is 207 Å². The first-order valence-electron chi connectivity index (χ1n) is 12.4. The Morgan fingerprint density at radius 1 is 0.917 bits per heavy atom. The van der Waals surface area contributed by atoms with Gasteiger partial charge in [-0.2, -0.15) is 13.2 Å². The summed E-state index contributed by atoms with van der Waals surface area (Å²) in [5.74, 6) is -1.55. The van der Waals surface area contributed by atoms with Gasteiger partial charge in [-0.25, -0.2) is 4.39 Å². The molecule has 0 saturated heterocycles. The molecule has 1 fully saturated rings. The Kier molecular flexibility index (Phi) is 6.84. The van der Waals surface area contributed by atoms with Crippen LogP contribution in [0.5, 0.6) is 0 Å². The Bertz CT molecular complexity index is 1250. The van der Waals surface area contributed by atoms with Gasteiger partial charge in [0.2, 0.25) is 5.91 Å². The van der Waals surface area contributed by atoms with Crippen LogP contribution < -0.4 is 10.6 Å². The molecule has 2 N–H and O–H groups in total. The van der Waals surface area contributed by atoms with Gasteiger partial charge in [0.25, 0.3) is 0 Å². The molecule has 2 atom stereocenters. The van der Waals surface area contributed by atoms with Gasteiger partial charge >= 0.3 is 6.18 Å². The lowest BCUT2D eigenvalue weighted by Crippen LogP contribution is -2.28. The number of fused-ring (bicyclic) bond motifs is 1. The highest BCUT2D eigenvalue weighted by Crippen LogP contribution is 2.38. The van der Waals surface area contributed by atoms with Gasteiger partial charge in [-0.05, 0) is 90.2 Å². The van der Waals surface area contributed by atoms with Crippen LogP contribution in [0.4, 0.5) is 23.2 Å². The number of nitrogens with one attached hydrogen (secondary N) is 2. The van der Waals surface area contributed by atoms with E-state index in [1.54, 1.807) is 0 Å². The van der Waals surface area contributed by atoms with Crippen molar-refractivity contribution in [1.82, 2.24) is 5.32 Å². The molecule has 1 aliphatic heterocycles. The number of hydrogen-bond donors (Lipinski definition) is 2. The molecule has 5 rings (SSSR count). The van der Waals surface area contributed by atoms with Crippen molar-refractivity contribution in [2.24, 2.45) is 5.92 Å². The maximum absolute atomic E-state index is 14.2. The second kappa shape index (κ2) is 10.1. The maximum Gasteiger partial charge on any atom is 0.416 e. The highest BCUT2D eigenvalue weighted by atomic mass is 19.4. The van der Waals surface area contributed by atoms with Crippen molar-refractivity contribution >= 4 is 11.6 Å². The first kappa shape index (κ1) is 24.5. The smallest absolute Gasteiger partial charge is 0.323 e. The summed E-state index contributed by atoms with van der Waals surface area (Å²) in [6.07, 6.45) is -0.465. The summed E-state index contributed by atoms with van der Waals surface area (Å²) < 4.78 is 52.6. The minimum absolute atomic E-state index is 0.203. The van der Waals surface area contributed by atoms with Crippen molar-refractivity contribution in [3.63, 3.8) is 0 Å². The molecular formula is C29H28F4N2O. The van der Waals surface area contributed by atoms with Gasteiger partial charge in [0, 0.05) is 12.5 Å². The zero-order chi connectivity index (χ0) is 25.3. The van der Waals surface area contributed by atoms with Crippen LogP contribution in [0, 0.1) is 11.7 Å². The summed E-state index contributed by atoms with van der Waals surface area (Å²) in [4.78, 5) is 12.8. The van der Waals surface area contributed by atoms with Gasteiger partial charge in [0.1, 0.15) is 5.82 Å². The van der Waals surface area contributed by atoms with Crippen molar-refractivity contribution in [1.29, 1.82) is 0 Å². The molecule has 0 bridgehead atoms. The normalized spacial score (nSPS) is 20.0. The highest BCUT2D eigenvalue weighted by Gasteiger charge is 2.32. The molecule has 0 aromatic heterocycles. The van der Waals surface area contributed by atoms with Crippen molar-refractivity contribution in [3.8, 4) is 11.1 Å². The molecule has 7 heteroatoms. The second-order valence-corrected chi connectivity index (χ2v) is 9.77. The molecule has 0 radical (unpaired) electrons. The van der Waals surface area contributed by atoms with Gasteiger partial charge in [0.15, 0.2) is 0 Å². The number of anilines is 1. The fraction of sp³-hybridized carbons (Fsp3) is 0.345. The first-order valence-corrected chi connectivity index (χ1v) is 12.4. The van der Waals surface area contributed by atoms with E-state index in [0.29, 0.717) is 18.9 Å². The highest BCUT2D eigenvalue weighted by molar-refractivity contribution is 5.92. The van der Waals surface area contributed by atoms with E-state index in [0.717, 1.165) is 55.6 Å². The average Bonchev–Trinajstić information content (AvgIpc) is 2.89. The van der Waals surface area contributed by atoms with Gasteiger partial charge in [-0.1, -0.05) is 42.8 Å². The van der Waals surface area contributed by atoms with Crippen molar-refractivity contribution < 1.29 is 22.4 Å². The number of alkyl halides is 3. The molecule has 3 aromatic carbocycles. The van der Waals surface area contributed by atoms with Crippen LogP contribution in [0.3, 0.4) is 0 Å². The zero-order valence-electron chi connectivity index (χ0n) is 19.8. The van der Waals surface area contributed by atoms with Crippen LogP contribution in [0.2, 0.25) is 0 Å². The quantitative estimate of drug-likeness (QED) is 0.380. The summed E-state index contributed by atoms with van der Waals surface area (Å²) in [6.45, 7) is 1.91. The lowest BCUT2D eigenvalue weighted by atomic mass is 9.77. The molecule has 188 valence electrons. The van der Waals surface area contributed by atoms with E-state index < -0.39 is 17.6 Å². The number of amides is 1. The third-order valence-corrected chi connectivity index (χ3v) is 7.41. The largest absolute Gasteiger partial charge is 0.416 e. The minimum Gasteiger partial charge on any atom is -0.323 e. The van der Waals surface area contributed by atoms with Crippen LogP contribution in [-0.4, -0.2) is 12.5 Å².